The average Bonchev–Trinajstić information content (AvgIpc) is 2.75. The van der Waals surface area contributed by atoms with E-state index >= 15 is 0 Å². The van der Waals surface area contributed by atoms with E-state index in [1.165, 1.54) is 64.2 Å². The van der Waals surface area contributed by atoms with Crippen LogP contribution in [0.4, 0.5) is 0 Å². The van der Waals surface area contributed by atoms with Crippen LogP contribution in [0.2, 0.25) is 0 Å². The highest BCUT2D eigenvalue weighted by atomic mass is 16.5. The Bertz CT molecular complexity index is 417. The molecule has 0 radical (unpaired) electrons. The molecule has 4 atom stereocenters. The van der Waals surface area contributed by atoms with Crippen molar-refractivity contribution in [3.8, 4) is 0 Å². The molecule has 0 aromatic rings. The lowest BCUT2D eigenvalue weighted by atomic mass is 10.0. The van der Waals surface area contributed by atoms with Crippen molar-refractivity contribution < 1.29 is 35.1 Å². The standard InChI is InChI=1S/C24H48O7/c1-19(2)15-13-11-9-7-5-3-4-6-8-10-12-14-16-22(28)31-18-21(27)24(30)23(29)20(26)17-25/h19-21,23-27,29-30H,3-18H2,1-2H3/t20-,21-,23-,24-/m1/s1. The van der Waals surface area contributed by atoms with Gasteiger partial charge in [-0.1, -0.05) is 90.9 Å². The zero-order chi connectivity index (χ0) is 23.5. The Hall–Kier alpha value is -0.730. The van der Waals surface area contributed by atoms with Crippen LogP contribution in [0.25, 0.3) is 0 Å². The molecule has 0 unspecified atom stereocenters. The maximum Gasteiger partial charge on any atom is 0.305 e. The van der Waals surface area contributed by atoms with Crippen LogP contribution in [0.1, 0.15) is 104 Å². The largest absolute Gasteiger partial charge is 0.463 e. The molecule has 0 aromatic heterocycles. The fourth-order valence-electron chi connectivity index (χ4n) is 3.50. The van der Waals surface area contributed by atoms with Crippen LogP contribution in [0.3, 0.4) is 0 Å². The number of carbonyl (C=O) groups excluding carboxylic acids is 1. The summed E-state index contributed by atoms with van der Waals surface area (Å²) >= 11 is 0. The first-order valence-corrected chi connectivity index (χ1v) is 12.3. The Morgan fingerprint density at radius 3 is 1.55 bits per heavy atom. The van der Waals surface area contributed by atoms with Gasteiger partial charge in [0.15, 0.2) is 0 Å². The van der Waals surface area contributed by atoms with Crippen LogP contribution in [0.15, 0.2) is 0 Å². The molecule has 5 N–H and O–H groups in total. The SMILES string of the molecule is CC(C)CCCCCCCCCCCCCCC(=O)OC[C@@H](O)[C@@H](O)[C@H](O)[C@H](O)CO. The maximum absolute atomic E-state index is 11.7. The monoisotopic (exact) mass is 448 g/mol. The molecule has 0 saturated carbocycles. The van der Waals surface area contributed by atoms with Gasteiger partial charge in [-0.05, 0) is 12.3 Å². The average molecular weight is 449 g/mol. The van der Waals surface area contributed by atoms with Crippen molar-refractivity contribution in [2.45, 2.75) is 128 Å². The number of hydrogen-bond donors (Lipinski definition) is 5. The van der Waals surface area contributed by atoms with Gasteiger partial charge in [0.05, 0.1) is 6.61 Å². The van der Waals surface area contributed by atoms with Crippen LogP contribution >= 0.6 is 0 Å². The van der Waals surface area contributed by atoms with Crippen molar-refractivity contribution in [1.29, 1.82) is 0 Å². The lowest BCUT2D eigenvalue weighted by Gasteiger charge is -2.25. The Morgan fingerprint density at radius 2 is 1.10 bits per heavy atom. The van der Waals surface area contributed by atoms with Crippen LogP contribution in [0, 0.1) is 5.92 Å². The van der Waals surface area contributed by atoms with E-state index in [-0.39, 0.29) is 6.42 Å². The first kappa shape index (κ1) is 30.3. The highest BCUT2D eigenvalue weighted by molar-refractivity contribution is 5.69. The first-order valence-electron chi connectivity index (χ1n) is 12.3. The van der Waals surface area contributed by atoms with Gasteiger partial charge >= 0.3 is 5.97 Å². The maximum atomic E-state index is 11.7. The molecule has 0 amide bonds. The van der Waals surface area contributed by atoms with Gasteiger partial charge in [0.1, 0.15) is 31.0 Å². The summed E-state index contributed by atoms with van der Waals surface area (Å²) in [6, 6.07) is 0. The minimum absolute atomic E-state index is 0.251. The lowest BCUT2D eigenvalue weighted by Crippen LogP contribution is -2.47. The second kappa shape index (κ2) is 19.9. The molecule has 0 spiro atoms. The molecule has 0 saturated heterocycles. The van der Waals surface area contributed by atoms with E-state index < -0.39 is 43.6 Å². The number of aliphatic hydroxyl groups is 5. The molecular formula is C24H48O7. The van der Waals surface area contributed by atoms with Crippen molar-refractivity contribution in [2.24, 2.45) is 5.92 Å². The number of unbranched alkanes of at least 4 members (excludes halogenated alkanes) is 11. The van der Waals surface area contributed by atoms with Gasteiger partial charge in [-0.15, -0.1) is 0 Å². The molecule has 0 aromatic carbocycles. The van der Waals surface area contributed by atoms with Crippen molar-refractivity contribution in [3.63, 3.8) is 0 Å². The Kier molecular flexibility index (Phi) is 19.4. The fourth-order valence-corrected chi connectivity index (χ4v) is 3.50. The van der Waals surface area contributed by atoms with E-state index in [0.717, 1.165) is 25.2 Å². The minimum Gasteiger partial charge on any atom is -0.463 e. The number of carbonyl (C=O) groups is 1. The third-order valence-corrected chi connectivity index (χ3v) is 5.65. The van der Waals surface area contributed by atoms with Gasteiger partial charge in [-0.3, -0.25) is 4.79 Å². The van der Waals surface area contributed by atoms with Gasteiger partial charge in [-0.2, -0.15) is 0 Å². The molecule has 186 valence electrons. The summed E-state index contributed by atoms with van der Waals surface area (Å²) in [6.45, 7) is 3.36. The van der Waals surface area contributed by atoms with Gasteiger partial charge in [-0.25, -0.2) is 0 Å². The number of aliphatic hydroxyl groups excluding tert-OH is 5. The molecule has 0 bridgehead atoms. The van der Waals surface area contributed by atoms with E-state index in [2.05, 4.69) is 13.8 Å². The minimum atomic E-state index is -1.71. The summed E-state index contributed by atoms with van der Waals surface area (Å²) in [6.07, 6.45) is 9.66. The smallest absolute Gasteiger partial charge is 0.305 e. The Balaban J connectivity index is 3.48. The summed E-state index contributed by atoms with van der Waals surface area (Å²) in [5.74, 6) is 0.364. The summed E-state index contributed by atoms with van der Waals surface area (Å²) in [5, 5.41) is 46.8. The quantitative estimate of drug-likeness (QED) is 0.135. The predicted octanol–water partition coefficient (Wildman–Crippen LogP) is 3.08. The second-order valence-electron chi connectivity index (χ2n) is 9.16. The van der Waals surface area contributed by atoms with E-state index in [1.807, 2.05) is 0 Å². The summed E-state index contributed by atoms with van der Waals surface area (Å²) < 4.78 is 4.90. The lowest BCUT2D eigenvalue weighted by molar-refractivity contribution is -0.156. The molecule has 0 aliphatic heterocycles. The molecule has 0 fully saturated rings. The van der Waals surface area contributed by atoms with Crippen molar-refractivity contribution in [2.75, 3.05) is 13.2 Å². The third-order valence-electron chi connectivity index (χ3n) is 5.65. The van der Waals surface area contributed by atoms with Gasteiger partial charge in [0.2, 0.25) is 0 Å². The number of ether oxygens (including phenoxy) is 1. The van der Waals surface area contributed by atoms with Gasteiger partial charge in [0, 0.05) is 6.42 Å². The third kappa shape index (κ3) is 17.5. The van der Waals surface area contributed by atoms with Crippen molar-refractivity contribution >= 4 is 5.97 Å². The molecule has 7 nitrogen and oxygen atoms in total. The molecule has 7 heteroatoms. The molecule has 0 rings (SSSR count). The second-order valence-corrected chi connectivity index (χ2v) is 9.16. The molecule has 0 aliphatic carbocycles. The van der Waals surface area contributed by atoms with Crippen LogP contribution in [-0.2, 0) is 9.53 Å². The van der Waals surface area contributed by atoms with Gasteiger partial charge < -0.3 is 30.3 Å². The normalized spacial score (nSPS) is 15.6. The molecule has 31 heavy (non-hydrogen) atoms. The fraction of sp³-hybridized carbons (Fsp3) is 0.958. The highest BCUT2D eigenvalue weighted by Crippen LogP contribution is 2.14. The van der Waals surface area contributed by atoms with Crippen LogP contribution in [-0.4, -0.2) is 69.1 Å². The van der Waals surface area contributed by atoms with E-state index in [9.17, 15) is 25.2 Å². The van der Waals surface area contributed by atoms with E-state index in [4.69, 9.17) is 9.84 Å². The molecule has 0 heterocycles. The zero-order valence-corrected chi connectivity index (χ0v) is 19.8. The van der Waals surface area contributed by atoms with Crippen LogP contribution < -0.4 is 0 Å². The number of hydrogen-bond acceptors (Lipinski definition) is 7. The van der Waals surface area contributed by atoms with E-state index in [0.29, 0.717) is 0 Å². The number of rotatable bonds is 21. The molecular weight excluding hydrogens is 400 g/mol. The number of esters is 1. The topological polar surface area (TPSA) is 127 Å². The Labute approximate surface area is 188 Å². The first-order chi connectivity index (χ1) is 14.8. The van der Waals surface area contributed by atoms with Crippen molar-refractivity contribution in [1.82, 2.24) is 0 Å². The van der Waals surface area contributed by atoms with Gasteiger partial charge in [0.25, 0.3) is 0 Å². The van der Waals surface area contributed by atoms with Crippen molar-refractivity contribution in [3.05, 3.63) is 0 Å². The summed E-state index contributed by atoms with van der Waals surface area (Å²) in [4.78, 5) is 11.7. The summed E-state index contributed by atoms with van der Waals surface area (Å²) in [5.41, 5.74) is 0. The highest BCUT2D eigenvalue weighted by Gasteiger charge is 2.30. The van der Waals surface area contributed by atoms with E-state index in [1.54, 1.807) is 0 Å². The predicted molar refractivity (Wildman–Crippen MR) is 122 cm³/mol. The molecule has 0 aliphatic rings. The van der Waals surface area contributed by atoms with Crippen LogP contribution in [0.5, 0.6) is 0 Å². The zero-order valence-electron chi connectivity index (χ0n) is 19.8. The Morgan fingerprint density at radius 1 is 0.677 bits per heavy atom. The summed E-state index contributed by atoms with van der Waals surface area (Å²) in [7, 11) is 0.